The van der Waals surface area contributed by atoms with Crippen molar-refractivity contribution in [3.63, 3.8) is 0 Å². The van der Waals surface area contributed by atoms with E-state index in [4.69, 9.17) is 0 Å². The van der Waals surface area contributed by atoms with Crippen LogP contribution in [0.5, 0.6) is 0 Å². The minimum absolute atomic E-state index is 0.0225. The third-order valence-electron chi connectivity index (χ3n) is 3.84. The van der Waals surface area contributed by atoms with Crippen molar-refractivity contribution in [2.24, 2.45) is 0 Å². The summed E-state index contributed by atoms with van der Waals surface area (Å²) in [5, 5.41) is 5.15. The average molecular weight is 395 g/mol. The number of nitrogens with zero attached hydrogens (tertiary/aromatic N) is 1. The highest BCUT2D eigenvalue weighted by Crippen LogP contribution is 2.27. The molecule has 3 aromatic rings. The Bertz CT molecular complexity index is 982. The number of hydrogen-bond donors (Lipinski definition) is 2. The molecule has 3 rings (SSSR count). The van der Waals surface area contributed by atoms with Crippen LogP contribution in [-0.4, -0.2) is 22.0 Å². The van der Waals surface area contributed by atoms with Crippen molar-refractivity contribution in [3.8, 4) is 0 Å². The van der Waals surface area contributed by atoms with Crippen LogP contribution in [0, 0.1) is 5.82 Å². The van der Waals surface area contributed by atoms with Crippen LogP contribution >= 0.6 is 11.8 Å². The Morgan fingerprint density at radius 2 is 1.71 bits per heavy atom. The van der Waals surface area contributed by atoms with Gasteiger partial charge in [0.25, 0.3) is 5.91 Å². The molecule has 0 fully saturated rings. The molecule has 1 aromatic heterocycles. The Labute approximate surface area is 166 Å². The molecule has 0 saturated carbocycles. The smallest absolute Gasteiger partial charge is 0.258 e. The van der Waals surface area contributed by atoms with Crippen LogP contribution in [-0.2, 0) is 4.79 Å². The van der Waals surface area contributed by atoms with Crippen molar-refractivity contribution < 1.29 is 14.0 Å². The number of carbonyl (C=O) groups is 2. The lowest BCUT2D eigenvalue weighted by Crippen LogP contribution is -2.22. The molecule has 0 aliphatic carbocycles. The lowest BCUT2D eigenvalue weighted by Gasteiger charge is -2.13. The van der Waals surface area contributed by atoms with E-state index in [1.54, 1.807) is 55.7 Å². The van der Waals surface area contributed by atoms with E-state index in [2.05, 4.69) is 15.6 Å². The van der Waals surface area contributed by atoms with Crippen molar-refractivity contribution in [2.75, 3.05) is 10.6 Å². The zero-order valence-electron chi connectivity index (χ0n) is 15.1. The maximum atomic E-state index is 13.7. The number of nitrogens with one attached hydrogen (secondary N) is 2. The fraction of sp³-hybridized carbons (Fsp3) is 0.0952. The summed E-state index contributed by atoms with van der Waals surface area (Å²) in [6.45, 7) is 1.80. The van der Waals surface area contributed by atoms with E-state index in [0.29, 0.717) is 11.4 Å². The first kappa shape index (κ1) is 19.6. The third kappa shape index (κ3) is 5.17. The molecule has 1 unspecified atom stereocenters. The Morgan fingerprint density at radius 3 is 2.46 bits per heavy atom. The molecule has 0 saturated heterocycles. The largest absolute Gasteiger partial charge is 0.325 e. The Kier molecular flexibility index (Phi) is 6.39. The van der Waals surface area contributed by atoms with Crippen molar-refractivity contribution in [1.82, 2.24) is 4.98 Å². The lowest BCUT2D eigenvalue weighted by atomic mass is 10.2. The van der Waals surface area contributed by atoms with E-state index in [-0.39, 0.29) is 16.7 Å². The highest BCUT2D eigenvalue weighted by molar-refractivity contribution is 8.00. The standard InChI is InChI=1S/C21H18FN3O2S/c1-14(20(26)24-15-9-11-23-12-10-15)28-17-6-4-5-16(13-17)25-21(27)18-7-2-3-8-19(18)22/h2-14H,1H3,(H,25,27)(H,23,24,26). The second-order valence-electron chi connectivity index (χ2n) is 5.95. The number of amides is 2. The Hall–Kier alpha value is -3.19. The molecule has 0 aliphatic rings. The van der Waals surface area contributed by atoms with E-state index >= 15 is 0 Å². The van der Waals surface area contributed by atoms with Gasteiger partial charge in [0.05, 0.1) is 10.8 Å². The van der Waals surface area contributed by atoms with Gasteiger partial charge in [0, 0.05) is 28.7 Å². The van der Waals surface area contributed by atoms with Gasteiger partial charge in [-0.25, -0.2) is 4.39 Å². The van der Waals surface area contributed by atoms with Gasteiger partial charge < -0.3 is 10.6 Å². The average Bonchev–Trinajstić information content (AvgIpc) is 2.69. The number of carbonyl (C=O) groups excluding carboxylic acids is 2. The molecular weight excluding hydrogens is 377 g/mol. The predicted octanol–water partition coefficient (Wildman–Crippen LogP) is 4.59. The number of benzene rings is 2. The zero-order valence-corrected chi connectivity index (χ0v) is 15.9. The van der Waals surface area contributed by atoms with E-state index < -0.39 is 11.7 Å². The van der Waals surface area contributed by atoms with Crippen LogP contribution in [0.2, 0.25) is 0 Å². The van der Waals surface area contributed by atoms with Crippen LogP contribution < -0.4 is 10.6 Å². The van der Waals surface area contributed by atoms with Gasteiger partial charge in [0.2, 0.25) is 5.91 Å². The fourth-order valence-electron chi connectivity index (χ4n) is 2.43. The fourth-order valence-corrected chi connectivity index (χ4v) is 3.35. The number of aromatic nitrogens is 1. The highest BCUT2D eigenvalue weighted by atomic mass is 32.2. The van der Waals surface area contributed by atoms with Crippen molar-refractivity contribution in [1.29, 1.82) is 0 Å². The number of thioether (sulfide) groups is 1. The van der Waals surface area contributed by atoms with Crippen molar-refractivity contribution in [2.45, 2.75) is 17.1 Å². The molecule has 0 spiro atoms. The lowest BCUT2D eigenvalue weighted by molar-refractivity contribution is -0.115. The third-order valence-corrected chi connectivity index (χ3v) is 4.93. The summed E-state index contributed by atoms with van der Waals surface area (Å²) in [6, 6.07) is 16.3. The summed E-state index contributed by atoms with van der Waals surface area (Å²) in [4.78, 5) is 29.3. The van der Waals surface area contributed by atoms with Gasteiger partial charge in [0.15, 0.2) is 0 Å². The van der Waals surface area contributed by atoms with Gasteiger partial charge in [-0.1, -0.05) is 18.2 Å². The van der Waals surface area contributed by atoms with Gasteiger partial charge in [-0.05, 0) is 49.4 Å². The van der Waals surface area contributed by atoms with E-state index in [1.807, 2.05) is 6.07 Å². The van der Waals surface area contributed by atoms with Crippen LogP contribution in [0.15, 0.2) is 78.0 Å². The number of rotatable bonds is 6. The summed E-state index contributed by atoms with van der Waals surface area (Å²) in [7, 11) is 0. The van der Waals surface area contributed by atoms with Crippen molar-refractivity contribution in [3.05, 3.63) is 84.4 Å². The molecule has 7 heteroatoms. The SMILES string of the molecule is CC(Sc1cccc(NC(=O)c2ccccc2F)c1)C(=O)Nc1ccncc1. The summed E-state index contributed by atoms with van der Waals surface area (Å²) < 4.78 is 13.7. The molecule has 28 heavy (non-hydrogen) atoms. The van der Waals surface area contributed by atoms with E-state index in [1.165, 1.54) is 30.0 Å². The van der Waals surface area contributed by atoms with Gasteiger partial charge in [-0.2, -0.15) is 0 Å². The number of anilines is 2. The molecule has 1 heterocycles. The first-order valence-corrected chi connectivity index (χ1v) is 9.44. The molecule has 1 atom stereocenters. The quantitative estimate of drug-likeness (QED) is 0.599. The topological polar surface area (TPSA) is 71.1 Å². The normalized spacial score (nSPS) is 11.5. The zero-order chi connectivity index (χ0) is 19.9. The number of hydrogen-bond acceptors (Lipinski definition) is 4. The van der Waals surface area contributed by atoms with Crippen LogP contribution in [0.4, 0.5) is 15.8 Å². The Morgan fingerprint density at radius 1 is 0.964 bits per heavy atom. The highest BCUT2D eigenvalue weighted by Gasteiger charge is 2.16. The van der Waals surface area contributed by atoms with Gasteiger partial charge in [-0.3, -0.25) is 14.6 Å². The molecule has 2 N–H and O–H groups in total. The second kappa shape index (κ2) is 9.14. The van der Waals surface area contributed by atoms with Crippen LogP contribution in [0.1, 0.15) is 17.3 Å². The molecule has 142 valence electrons. The molecule has 0 bridgehead atoms. The van der Waals surface area contributed by atoms with Gasteiger partial charge in [0.1, 0.15) is 5.82 Å². The van der Waals surface area contributed by atoms with Crippen molar-refractivity contribution >= 4 is 35.0 Å². The first-order chi connectivity index (χ1) is 13.5. The Balaban J connectivity index is 1.63. The van der Waals surface area contributed by atoms with Gasteiger partial charge in [-0.15, -0.1) is 11.8 Å². The number of pyridine rings is 1. The first-order valence-electron chi connectivity index (χ1n) is 8.56. The predicted molar refractivity (Wildman–Crippen MR) is 109 cm³/mol. The molecule has 2 aromatic carbocycles. The summed E-state index contributed by atoms with van der Waals surface area (Å²) in [5.74, 6) is -1.24. The minimum Gasteiger partial charge on any atom is -0.325 e. The monoisotopic (exact) mass is 395 g/mol. The summed E-state index contributed by atoms with van der Waals surface area (Å²) in [5.41, 5.74) is 1.18. The van der Waals surface area contributed by atoms with E-state index in [9.17, 15) is 14.0 Å². The summed E-state index contributed by atoms with van der Waals surface area (Å²) >= 11 is 1.36. The molecule has 5 nitrogen and oxygen atoms in total. The maximum Gasteiger partial charge on any atom is 0.258 e. The number of halogens is 1. The van der Waals surface area contributed by atoms with Crippen LogP contribution in [0.3, 0.4) is 0 Å². The van der Waals surface area contributed by atoms with Gasteiger partial charge >= 0.3 is 0 Å². The molecular formula is C21H18FN3O2S. The summed E-state index contributed by atoms with van der Waals surface area (Å²) in [6.07, 6.45) is 3.21. The minimum atomic E-state index is -0.577. The second-order valence-corrected chi connectivity index (χ2v) is 7.36. The molecule has 0 aliphatic heterocycles. The maximum absolute atomic E-state index is 13.7. The molecule has 2 amide bonds. The van der Waals surface area contributed by atoms with Crippen LogP contribution in [0.25, 0.3) is 0 Å². The molecule has 0 radical (unpaired) electrons. The van der Waals surface area contributed by atoms with E-state index in [0.717, 1.165) is 4.90 Å².